The number of rotatable bonds is 5. The van der Waals surface area contributed by atoms with Gasteiger partial charge in [-0.2, -0.15) is 0 Å². The number of carbonyl (C=O) groups excluding carboxylic acids is 1. The van der Waals surface area contributed by atoms with Crippen LogP contribution in [-0.4, -0.2) is 71.4 Å². The molecule has 7 heteroatoms. The van der Waals surface area contributed by atoms with Crippen molar-refractivity contribution in [2.24, 2.45) is 10.9 Å². The molecule has 2 saturated heterocycles. The van der Waals surface area contributed by atoms with Gasteiger partial charge in [-0.15, -0.1) is 11.8 Å². The lowest BCUT2D eigenvalue weighted by Gasteiger charge is -2.36. The van der Waals surface area contributed by atoms with Gasteiger partial charge < -0.3 is 15.5 Å². The first-order valence-corrected chi connectivity index (χ1v) is 12.6. The van der Waals surface area contributed by atoms with E-state index >= 15 is 0 Å². The molecule has 2 saturated carbocycles. The van der Waals surface area contributed by atoms with Gasteiger partial charge in [0.25, 0.3) is 0 Å². The van der Waals surface area contributed by atoms with Gasteiger partial charge in [0, 0.05) is 36.0 Å². The Kier molecular flexibility index (Phi) is 5.78. The largest absolute Gasteiger partial charge is 0.367 e. The summed E-state index contributed by atoms with van der Waals surface area (Å²) in [6.07, 6.45) is 12.9. The second kappa shape index (κ2) is 8.50. The number of thioether (sulfide) groups is 1. The van der Waals surface area contributed by atoms with Crippen LogP contribution in [0, 0.1) is 5.92 Å². The first-order chi connectivity index (χ1) is 14.2. The fraction of sp³-hybridized carbons (Fsp3) is 0.818. The molecule has 3 atom stereocenters. The third-order valence-corrected chi connectivity index (χ3v) is 9.22. The lowest BCUT2D eigenvalue weighted by atomic mass is 9.89. The third kappa shape index (κ3) is 4.05. The Bertz CT molecular complexity index is 681. The fourth-order valence-corrected chi connectivity index (χ4v) is 7.64. The molecule has 0 radical (unpaired) electrons. The smallest absolute Gasteiger partial charge is 0.236 e. The summed E-state index contributed by atoms with van der Waals surface area (Å²) in [5.41, 5.74) is 1.54. The molecule has 29 heavy (non-hydrogen) atoms. The standard InChI is InChI=1S/C22H35N5OS/c1-26(13-19(28)27-11-2-3-12-27)16-9-7-15(8-10-16)25-21-20-17-5-4-6-18(17)29-22(20)24-14-23-21/h14-18,22,25H,2-13H2,1H3,(H,23,24)/t15-,16-,17?,18?,22?. The van der Waals surface area contributed by atoms with Crippen LogP contribution in [0.3, 0.4) is 0 Å². The van der Waals surface area contributed by atoms with Gasteiger partial charge in [-0.25, -0.2) is 4.99 Å². The molecule has 160 valence electrons. The Morgan fingerprint density at radius 1 is 1.21 bits per heavy atom. The molecule has 0 aromatic rings. The summed E-state index contributed by atoms with van der Waals surface area (Å²) in [4.78, 5) is 21.5. The molecule has 4 fully saturated rings. The molecule has 3 unspecified atom stereocenters. The van der Waals surface area contributed by atoms with Crippen molar-refractivity contribution in [3.05, 3.63) is 11.4 Å². The first-order valence-electron chi connectivity index (χ1n) is 11.6. The predicted molar refractivity (Wildman–Crippen MR) is 119 cm³/mol. The van der Waals surface area contributed by atoms with Crippen molar-refractivity contribution >= 4 is 24.0 Å². The maximum absolute atomic E-state index is 12.5. The SMILES string of the molecule is CN(CC(=O)N1CCCC1)[C@H]1CC[C@H](NC2=C3C(NC=N2)SC2CCCC32)CC1. The molecule has 0 bridgehead atoms. The highest BCUT2D eigenvalue weighted by Crippen LogP contribution is 2.51. The van der Waals surface area contributed by atoms with E-state index in [1.807, 2.05) is 11.2 Å². The zero-order chi connectivity index (χ0) is 19.8. The van der Waals surface area contributed by atoms with Crippen molar-refractivity contribution in [2.45, 2.75) is 80.5 Å². The lowest BCUT2D eigenvalue weighted by Crippen LogP contribution is -2.45. The van der Waals surface area contributed by atoms with Gasteiger partial charge in [-0.1, -0.05) is 6.42 Å². The van der Waals surface area contributed by atoms with E-state index in [0.717, 1.165) is 42.9 Å². The summed E-state index contributed by atoms with van der Waals surface area (Å²) >= 11 is 2.11. The minimum atomic E-state index is 0.317. The molecule has 0 aromatic carbocycles. The van der Waals surface area contributed by atoms with E-state index in [2.05, 4.69) is 34.3 Å². The fourth-order valence-electron chi connectivity index (χ4n) is 5.94. The summed E-state index contributed by atoms with van der Waals surface area (Å²) in [5, 5.41) is 8.52. The summed E-state index contributed by atoms with van der Waals surface area (Å²) in [6.45, 7) is 2.49. The van der Waals surface area contributed by atoms with Crippen LogP contribution in [0.25, 0.3) is 0 Å². The number of aliphatic imine (C=N–C) groups is 1. The average Bonchev–Trinajstić information content (AvgIpc) is 3.46. The number of nitrogens with zero attached hydrogens (tertiary/aromatic N) is 3. The van der Waals surface area contributed by atoms with Crippen LogP contribution >= 0.6 is 11.8 Å². The Morgan fingerprint density at radius 2 is 2.00 bits per heavy atom. The van der Waals surface area contributed by atoms with Crippen molar-refractivity contribution in [3.8, 4) is 0 Å². The molecule has 6 nitrogen and oxygen atoms in total. The van der Waals surface area contributed by atoms with Gasteiger partial charge in [-0.05, 0) is 64.3 Å². The third-order valence-electron chi connectivity index (χ3n) is 7.64. The average molecular weight is 418 g/mol. The van der Waals surface area contributed by atoms with Crippen LogP contribution in [0.5, 0.6) is 0 Å². The molecule has 5 aliphatic rings. The molecule has 0 spiro atoms. The minimum Gasteiger partial charge on any atom is -0.367 e. The van der Waals surface area contributed by atoms with Crippen LogP contribution < -0.4 is 10.6 Å². The van der Waals surface area contributed by atoms with Crippen molar-refractivity contribution in [1.82, 2.24) is 20.4 Å². The second-order valence-corrected chi connectivity index (χ2v) is 10.8. The number of amides is 1. The summed E-state index contributed by atoms with van der Waals surface area (Å²) in [7, 11) is 2.13. The predicted octanol–water partition coefficient (Wildman–Crippen LogP) is 2.53. The zero-order valence-electron chi connectivity index (χ0n) is 17.6. The maximum atomic E-state index is 12.5. The van der Waals surface area contributed by atoms with Crippen LogP contribution in [0.1, 0.15) is 57.8 Å². The van der Waals surface area contributed by atoms with Gasteiger partial charge in [0.05, 0.1) is 18.3 Å². The molecule has 1 amide bonds. The minimum absolute atomic E-state index is 0.317. The zero-order valence-corrected chi connectivity index (χ0v) is 18.4. The van der Waals surface area contributed by atoms with Gasteiger partial charge in [0.15, 0.2) is 0 Å². The van der Waals surface area contributed by atoms with Crippen molar-refractivity contribution in [2.75, 3.05) is 26.7 Å². The molecule has 5 rings (SSSR count). The lowest BCUT2D eigenvalue weighted by molar-refractivity contribution is -0.131. The Hall–Kier alpha value is -1.21. The topological polar surface area (TPSA) is 60.0 Å². The Balaban J connectivity index is 1.14. The van der Waals surface area contributed by atoms with Gasteiger partial charge >= 0.3 is 0 Å². The highest BCUT2D eigenvalue weighted by atomic mass is 32.2. The molecule has 2 aliphatic carbocycles. The summed E-state index contributed by atoms with van der Waals surface area (Å²) in [6, 6.07) is 1.04. The molecule has 3 aliphatic heterocycles. The highest BCUT2D eigenvalue weighted by molar-refractivity contribution is 8.01. The number of fused-ring (bicyclic) bond motifs is 3. The monoisotopic (exact) mass is 417 g/mol. The van der Waals surface area contributed by atoms with Crippen LogP contribution in [0.15, 0.2) is 16.4 Å². The van der Waals surface area contributed by atoms with Crippen LogP contribution in [-0.2, 0) is 4.79 Å². The molecule has 3 heterocycles. The Labute approximate surface area is 178 Å². The van der Waals surface area contributed by atoms with E-state index in [1.165, 1.54) is 50.5 Å². The van der Waals surface area contributed by atoms with E-state index in [1.54, 1.807) is 0 Å². The van der Waals surface area contributed by atoms with E-state index in [9.17, 15) is 4.79 Å². The highest BCUT2D eigenvalue weighted by Gasteiger charge is 2.45. The molecular weight excluding hydrogens is 382 g/mol. The maximum Gasteiger partial charge on any atom is 0.236 e. The van der Waals surface area contributed by atoms with Crippen LogP contribution in [0.4, 0.5) is 0 Å². The molecule has 0 aromatic heterocycles. The number of likely N-dealkylation sites (N-methyl/N-ethyl adjacent to an activating group) is 1. The summed E-state index contributed by atoms with van der Waals surface area (Å²) < 4.78 is 0. The quantitative estimate of drug-likeness (QED) is 0.720. The number of hydrogen-bond acceptors (Lipinski definition) is 6. The van der Waals surface area contributed by atoms with Crippen LogP contribution in [0.2, 0.25) is 0 Å². The first kappa shape index (κ1) is 19.7. The number of nitrogens with one attached hydrogen (secondary N) is 2. The molecule has 2 N–H and O–H groups in total. The van der Waals surface area contributed by atoms with Gasteiger partial charge in [-0.3, -0.25) is 9.69 Å². The number of carbonyl (C=O) groups is 1. The number of likely N-dealkylation sites (tertiary alicyclic amines) is 1. The molecular formula is C22H35N5OS. The van der Waals surface area contributed by atoms with Crippen molar-refractivity contribution < 1.29 is 4.79 Å². The number of hydrogen-bond donors (Lipinski definition) is 2. The van der Waals surface area contributed by atoms with Crippen molar-refractivity contribution in [3.63, 3.8) is 0 Å². The van der Waals surface area contributed by atoms with E-state index in [-0.39, 0.29) is 0 Å². The van der Waals surface area contributed by atoms with E-state index < -0.39 is 0 Å². The van der Waals surface area contributed by atoms with E-state index in [0.29, 0.717) is 29.9 Å². The van der Waals surface area contributed by atoms with Gasteiger partial charge in [0.1, 0.15) is 5.82 Å². The van der Waals surface area contributed by atoms with Gasteiger partial charge in [0.2, 0.25) is 5.91 Å². The second-order valence-electron chi connectivity index (χ2n) is 9.47. The Morgan fingerprint density at radius 3 is 2.79 bits per heavy atom. The van der Waals surface area contributed by atoms with Crippen molar-refractivity contribution in [1.29, 1.82) is 0 Å². The normalized spacial score (nSPS) is 36.3. The van der Waals surface area contributed by atoms with E-state index in [4.69, 9.17) is 4.99 Å². The summed E-state index contributed by atoms with van der Waals surface area (Å²) in [5.74, 6) is 2.20.